The summed E-state index contributed by atoms with van der Waals surface area (Å²) in [5.74, 6) is -0.266. The van der Waals surface area contributed by atoms with Crippen LogP contribution in [-0.2, 0) is 7.05 Å². The number of nitrogens with one attached hydrogen (secondary N) is 1. The minimum atomic E-state index is -0.266. The van der Waals surface area contributed by atoms with Crippen molar-refractivity contribution in [3.05, 3.63) is 45.9 Å². The molecular formula is C12H14BrFN4. The van der Waals surface area contributed by atoms with Crippen LogP contribution in [0.4, 0.5) is 4.39 Å². The zero-order valence-electron chi connectivity index (χ0n) is 10.2. The van der Waals surface area contributed by atoms with Crippen molar-refractivity contribution in [1.29, 1.82) is 0 Å². The Hall–Kier alpha value is -1.27. The molecule has 1 atom stereocenters. The largest absolute Gasteiger partial charge is 0.305 e. The molecule has 0 fully saturated rings. The molecule has 1 unspecified atom stereocenters. The minimum absolute atomic E-state index is 0.123. The maximum Gasteiger partial charge on any atom is 0.124 e. The van der Waals surface area contributed by atoms with E-state index in [4.69, 9.17) is 0 Å². The van der Waals surface area contributed by atoms with Crippen LogP contribution >= 0.6 is 15.9 Å². The van der Waals surface area contributed by atoms with E-state index in [-0.39, 0.29) is 11.9 Å². The van der Waals surface area contributed by atoms with Crippen LogP contribution in [0.5, 0.6) is 0 Å². The van der Waals surface area contributed by atoms with Gasteiger partial charge in [-0.25, -0.2) is 4.39 Å². The van der Waals surface area contributed by atoms with Crippen LogP contribution in [0.15, 0.2) is 28.9 Å². The predicted octanol–water partition coefficient (Wildman–Crippen LogP) is 2.42. The Morgan fingerprint density at radius 2 is 2.22 bits per heavy atom. The summed E-state index contributed by atoms with van der Waals surface area (Å²) < 4.78 is 15.9. The Labute approximate surface area is 113 Å². The summed E-state index contributed by atoms with van der Waals surface area (Å²) >= 11 is 3.31. The number of halogens is 2. The molecule has 0 amide bonds. The molecule has 2 aromatic rings. The molecule has 1 heterocycles. The van der Waals surface area contributed by atoms with Gasteiger partial charge in [0.05, 0.1) is 17.9 Å². The van der Waals surface area contributed by atoms with Gasteiger partial charge in [-0.2, -0.15) is 0 Å². The smallest absolute Gasteiger partial charge is 0.124 e. The molecule has 0 spiro atoms. The fraction of sp³-hybridized carbons (Fsp3) is 0.333. The van der Waals surface area contributed by atoms with E-state index in [1.54, 1.807) is 10.9 Å². The Morgan fingerprint density at radius 1 is 1.44 bits per heavy atom. The van der Waals surface area contributed by atoms with E-state index in [0.717, 1.165) is 22.3 Å². The minimum Gasteiger partial charge on any atom is -0.305 e. The first-order chi connectivity index (χ1) is 8.61. The summed E-state index contributed by atoms with van der Waals surface area (Å²) in [6.45, 7) is 2.77. The molecule has 0 radical (unpaired) electrons. The van der Waals surface area contributed by atoms with E-state index in [9.17, 15) is 4.39 Å². The number of hydrogen-bond acceptors (Lipinski definition) is 3. The highest BCUT2D eigenvalue weighted by Crippen LogP contribution is 2.25. The number of hydrogen-bond donors (Lipinski definition) is 1. The van der Waals surface area contributed by atoms with Gasteiger partial charge in [0, 0.05) is 11.5 Å². The van der Waals surface area contributed by atoms with Gasteiger partial charge < -0.3 is 5.32 Å². The van der Waals surface area contributed by atoms with E-state index in [1.807, 2.05) is 20.0 Å². The molecule has 1 N–H and O–H groups in total. The predicted molar refractivity (Wildman–Crippen MR) is 70.6 cm³/mol. The average molecular weight is 313 g/mol. The lowest BCUT2D eigenvalue weighted by Gasteiger charge is -2.18. The van der Waals surface area contributed by atoms with Gasteiger partial charge in [-0.1, -0.05) is 28.1 Å². The van der Waals surface area contributed by atoms with E-state index in [2.05, 4.69) is 31.6 Å². The van der Waals surface area contributed by atoms with Crippen LogP contribution in [0.25, 0.3) is 0 Å². The third kappa shape index (κ3) is 2.76. The van der Waals surface area contributed by atoms with E-state index < -0.39 is 0 Å². The van der Waals surface area contributed by atoms with Gasteiger partial charge in [0.2, 0.25) is 0 Å². The lowest BCUT2D eigenvalue weighted by molar-refractivity contribution is 0.561. The summed E-state index contributed by atoms with van der Waals surface area (Å²) in [4.78, 5) is 0. The Morgan fingerprint density at radius 3 is 2.78 bits per heavy atom. The van der Waals surface area contributed by atoms with Gasteiger partial charge in [-0.3, -0.25) is 4.68 Å². The topological polar surface area (TPSA) is 42.7 Å². The Bertz CT molecular complexity index is 520. The highest BCUT2D eigenvalue weighted by Gasteiger charge is 2.18. The van der Waals surface area contributed by atoms with Crippen molar-refractivity contribution in [2.45, 2.75) is 13.0 Å². The molecule has 0 aliphatic carbocycles. The number of nitrogens with zero attached hydrogens (tertiary/aromatic N) is 3. The monoisotopic (exact) mass is 312 g/mol. The molecule has 0 saturated heterocycles. The van der Waals surface area contributed by atoms with E-state index >= 15 is 0 Å². The first-order valence-corrected chi connectivity index (χ1v) is 6.45. The fourth-order valence-corrected chi connectivity index (χ4v) is 2.38. The number of aryl methyl sites for hydroxylation is 1. The molecule has 18 heavy (non-hydrogen) atoms. The number of aromatic nitrogens is 3. The number of benzene rings is 1. The van der Waals surface area contributed by atoms with Gasteiger partial charge in [0.25, 0.3) is 0 Å². The summed E-state index contributed by atoms with van der Waals surface area (Å²) in [5.41, 5.74) is 1.74. The van der Waals surface area contributed by atoms with Crippen molar-refractivity contribution in [3.8, 4) is 0 Å². The van der Waals surface area contributed by atoms with Crippen LogP contribution in [0.2, 0.25) is 0 Å². The lowest BCUT2D eigenvalue weighted by atomic mass is 10.0. The Kier molecular flexibility index (Phi) is 4.08. The van der Waals surface area contributed by atoms with Crippen molar-refractivity contribution in [2.24, 2.45) is 7.05 Å². The second-order valence-electron chi connectivity index (χ2n) is 3.98. The van der Waals surface area contributed by atoms with E-state index in [1.165, 1.54) is 12.1 Å². The quantitative estimate of drug-likeness (QED) is 0.943. The van der Waals surface area contributed by atoms with E-state index in [0.29, 0.717) is 0 Å². The molecule has 96 valence electrons. The maximum absolute atomic E-state index is 13.5. The lowest BCUT2D eigenvalue weighted by Crippen LogP contribution is -2.24. The molecule has 4 nitrogen and oxygen atoms in total. The highest BCUT2D eigenvalue weighted by molar-refractivity contribution is 9.10. The van der Waals surface area contributed by atoms with Crippen LogP contribution < -0.4 is 5.32 Å². The van der Waals surface area contributed by atoms with Crippen molar-refractivity contribution in [3.63, 3.8) is 0 Å². The third-order valence-corrected chi connectivity index (χ3v) is 3.13. The van der Waals surface area contributed by atoms with Crippen molar-refractivity contribution >= 4 is 15.9 Å². The molecule has 0 bridgehead atoms. The molecule has 1 aromatic carbocycles. The second-order valence-corrected chi connectivity index (χ2v) is 4.89. The normalized spacial score (nSPS) is 12.7. The fourth-order valence-electron chi connectivity index (χ4n) is 1.90. The zero-order valence-corrected chi connectivity index (χ0v) is 11.8. The van der Waals surface area contributed by atoms with Crippen molar-refractivity contribution < 1.29 is 4.39 Å². The maximum atomic E-state index is 13.5. The third-order valence-electron chi connectivity index (χ3n) is 2.67. The van der Waals surface area contributed by atoms with Gasteiger partial charge >= 0.3 is 0 Å². The van der Waals surface area contributed by atoms with Crippen LogP contribution in [0, 0.1) is 5.82 Å². The van der Waals surface area contributed by atoms with Crippen molar-refractivity contribution in [2.75, 3.05) is 6.54 Å². The second kappa shape index (κ2) is 5.58. The van der Waals surface area contributed by atoms with Gasteiger partial charge in [0.1, 0.15) is 5.82 Å². The molecule has 0 aliphatic rings. The van der Waals surface area contributed by atoms with Gasteiger partial charge in [0.15, 0.2) is 0 Å². The number of rotatable bonds is 4. The Balaban J connectivity index is 2.44. The van der Waals surface area contributed by atoms with Crippen molar-refractivity contribution in [1.82, 2.24) is 20.3 Å². The summed E-state index contributed by atoms with van der Waals surface area (Å²) in [5, 5.41) is 11.1. The van der Waals surface area contributed by atoms with Gasteiger partial charge in [-0.05, 0) is 30.3 Å². The summed E-state index contributed by atoms with van der Waals surface area (Å²) in [6.07, 6.45) is 1.69. The molecule has 2 rings (SSSR count). The summed E-state index contributed by atoms with van der Waals surface area (Å²) in [7, 11) is 1.82. The molecule has 1 aromatic heterocycles. The molecular weight excluding hydrogens is 299 g/mol. The van der Waals surface area contributed by atoms with Crippen LogP contribution in [0.3, 0.4) is 0 Å². The average Bonchev–Trinajstić information content (AvgIpc) is 2.71. The molecule has 6 heteroatoms. The molecule has 0 saturated carbocycles. The standard InChI is InChI=1S/C12H14BrFN4/c1-3-15-12(11-7-16-17-18(11)2)8-4-9(13)6-10(14)5-8/h4-7,12,15H,3H2,1-2H3. The zero-order chi connectivity index (χ0) is 13.1. The highest BCUT2D eigenvalue weighted by atomic mass is 79.9. The SMILES string of the molecule is CCNC(c1cc(F)cc(Br)c1)c1cnnn1C. The molecule has 0 aliphatic heterocycles. The first kappa shape index (κ1) is 13.2. The van der Waals surface area contributed by atoms with Crippen LogP contribution in [0.1, 0.15) is 24.2 Å². The summed E-state index contributed by atoms with van der Waals surface area (Å²) in [6, 6.07) is 4.73. The van der Waals surface area contributed by atoms with Crippen LogP contribution in [-0.4, -0.2) is 21.5 Å². The first-order valence-electron chi connectivity index (χ1n) is 5.65. The van der Waals surface area contributed by atoms with Gasteiger partial charge in [-0.15, -0.1) is 5.10 Å².